The number of likely N-dealkylation sites (tertiary alicyclic amines) is 1. The molecule has 2 heterocycles. The lowest BCUT2D eigenvalue weighted by atomic mass is 10.1. The van der Waals surface area contributed by atoms with Gasteiger partial charge >= 0.3 is 0 Å². The molecular formula is C10H21Cl3N6. The summed E-state index contributed by atoms with van der Waals surface area (Å²) in [6.07, 6.45) is 5.59. The van der Waals surface area contributed by atoms with Gasteiger partial charge in [-0.2, -0.15) is 0 Å². The van der Waals surface area contributed by atoms with Gasteiger partial charge in [-0.15, -0.1) is 37.2 Å². The molecule has 2 rings (SSSR count). The van der Waals surface area contributed by atoms with Gasteiger partial charge in [0.1, 0.15) is 5.82 Å². The second-order valence-corrected chi connectivity index (χ2v) is 4.16. The molecule has 0 atom stereocenters. The Hall–Kier alpha value is -0.530. The first-order valence-corrected chi connectivity index (χ1v) is 5.51. The average Bonchev–Trinajstić information content (AvgIpc) is 2.32. The van der Waals surface area contributed by atoms with Gasteiger partial charge in [-0.3, -0.25) is 4.98 Å². The van der Waals surface area contributed by atoms with Crippen LogP contribution in [0.15, 0.2) is 12.4 Å². The smallest absolute Gasteiger partial charge is 0.160 e. The zero-order valence-corrected chi connectivity index (χ0v) is 13.2. The summed E-state index contributed by atoms with van der Waals surface area (Å²) in [5.41, 5.74) is 2.49. The minimum absolute atomic E-state index is 0. The number of nitrogens with two attached hydrogens (primary N) is 1. The van der Waals surface area contributed by atoms with E-state index in [-0.39, 0.29) is 37.2 Å². The van der Waals surface area contributed by atoms with Gasteiger partial charge in [0.25, 0.3) is 0 Å². The van der Waals surface area contributed by atoms with Crippen molar-refractivity contribution in [2.45, 2.75) is 18.9 Å². The van der Waals surface area contributed by atoms with Crippen LogP contribution < -0.4 is 16.6 Å². The Balaban J connectivity index is 0. The van der Waals surface area contributed by atoms with Crippen molar-refractivity contribution in [1.29, 1.82) is 0 Å². The van der Waals surface area contributed by atoms with Crippen LogP contribution in [-0.2, 0) is 0 Å². The van der Waals surface area contributed by atoms with E-state index in [0.29, 0.717) is 11.9 Å². The standard InChI is InChI=1S/C10H18N6.3ClH/c1-16-4-2-8(3-5-16)13-9-6-12-7-10(14-9)15-11;;;/h6-8H,2-5,11H2,1H3,(H2,13,14,15);3*1H. The summed E-state index contributed by atoms with van der Waals surface area (Å²) in [6, 6.07) is 0.485. The topological polar surface area (TPSA) is 79.1 Å². The first kappa shape index (κ1) is 20.8. The molecule has 0 aromatic carbocycles. The molecule has 6 nitrogen and oxygen atoms in total. The second-order valence-electron chi connectivity index (χ2n) is 4.16. The Bertz CT molecular complexity index is 346. The lowest BCUT2D eigenvalue weighted by molar-refractivity contribution is 0.263. The van der Waals surface area contributed by atoms with E-state index >= 15 is 0 Å². The lowest BCUT2D eigenvalue weighted by Crippen LogP contribution is -2.36. The van der Waals surface area contributed by atoms with Crippen molar-refractivity contribution in [3.8, 4) is 0 Å². The molecule has 1 fully saturated rings. The number of aromatic nitrogens is 2. The quantitative estimate of drug-likeness (QED) is 0.576. The van der Waals surface area contributed by atoms with Crippen molar-refractivity contribution >= 4 is 48.9 Å². The highest BCUT2D eigenvalue weighted by Gasteiger charge is 2.16. The van der Waals surface area contributed by atoms with E-state index in [2.05, 4.69) is 32.7 Å². The van der Waals surface area contributed by atoms with E-state index in [9.17, 15) is 0 Å². The fourth-order valence-corrected chi connectivity index (χ4v) is 1.87. The third-order valence-corrected chi connectivity index (χ3v) is 2.85. The SMILES string of the molecule is CN1CCC(Nc2cncc(NN)n2)CC1.Cl.Cl.Cl. The predicted molar refractivity (Wildman–Crippen MR) is 85.7 cm³/mol. The van der Waals surface area contributed by atoms with E-state index in [1.807, 2.05) is 0 Å². The van der Waals surface area contributed by atoms with Crippen molar-refractivity contribution < 1.29 is 0 Å². The highest BCUT2D eigenvalue weighted by molar-refractivity contribution is 5.86. The Morgan fingerprint density at radius 3 is 2.32 bits per heavy atom. The molecule has 0 aliphatic carbocycles. The van der Waals surface area contributed by atoms with Crippen LogP contribution in [0, 0.1) is 0 Å². The Kier molecular flexibility index (Phi) is 11.2. The van der Waals surface area contributed by atoms with Crippen molar-refractivity contribution in [3.63, 3.8) is 0 Å². The van der Waals surface area contributed by atoms with Crippen LogP contribution in [0.4, 0.5) is 11.6 Å². The van der Waals surface area contributed by atoms with Crippen LogP contribution in [0.3, 0.4) is 0 Å². The van der Waals surface area contributed by atoms with Crippen LogP contribution in [0.2, 0.25) is 0 Å². The monoisotopic (exact) mass is 330 g/mol. The first-order chi connectivity index (χ1) is 7.78. The molecule has 112 valence electrons. The number of rotatable bonds is 3. The highest BCUT2D eigenvalue weighted by Crippen LogP contribution is 2.14. The normalized spacial score (nSPS) is 15.5. The number of hydrogen-bond donors (Lipinski definition) is 3. The molecule has 1 saturated heterocycles. The van der Waals surface area contributed by atoms with Gasteiger partial charge < -0.3 is 15.6 Å². The number of nitrogens with one attached hydrogen (secondary N) is 2. The van der Waals surface area contributed by atoms with E-state index in [4.69, 9.17) is 5.84 Å². The molecule has 9 heteroatoms. The number of halogens is 3. The number of nitrogen functional groups attached to an aromatic ring is 1. The van der Waals surface area contributed by atoms with Gasteiger partial charge in [0, 0.05) is 6.04 Å². The molecule has 0 radical (unpaired) electrons. The molecule has 0 spiro atoms. The number of anilines is 2. The molecule has 0 saturated carbocycles. The Labute approximate surface area is 132 Å². The summed E-state index contributed by atoms with van der Waals surface area (Å²) in [5.74, 6) is 6.65. The van der Waals surface area contributed by atoms with Crippen LogP contribution >= 0.6 is 37.2 Å². The van der Waals surface area contributed by atoms with Crippen molar-refractivity contribution in [2.24, 2.45) is 5.84 Å². The Morgan fingerprint density at radius 2 is 1.74 bits per heavy atom. The minimum atomic E-state index is 0. The summed E-state index contributed by atoms with van der Waals surface area (Å²) >= 11 is 0. The molecule has 4 N–H and O–H groups in total. The van der Waals surface area contributed by atoms with Gasteiger partial charge in [0.15, 0.2) is 5.82 Å². The van der Waals surface area contributed by atoms with E-state index in [1.54, 1.807) is 12.4 Å². The van der Waals surface area contributed by atoms with E-state index in [0.717, 1.165) is 31.7 Å². The zero-order chi connectivity index (χ0) is 11.4. The van der Waals surface area contributed by atoms with Gasteiger partial charge in [0.2, 0.25) is 0 Å². The molecule has 1 aromatic rings. The summed E-state index contributed by atoms with van der Waals surface area (Å²) in [4.78, 5) is 10.7. The fraction of sp³-hybridized carbons (Fsp3) is 0.600. The molecule has 1 aliphatic rings. The zero-order valence-electron chi connectivity index (χ0n) is 10.7. The number of piperidine rings is 1. The molecule has 0 bridgehead atoms. The van der Waals surface area contributed by atoms with E-state index in [1.165, 1.54) is 0 Å². The van der Waals surface area contributed by atoms with Crippen molar-refractivity contribution in [1.82, 2.24) is 14.9 Å². The van der Waals surface area contributed by atoms with Crippen molar-refractivity contribution in [2.75, 3.05) is 30.9 Å². The maximum atomic E-state index is 5.28. The van der Waals surface area contributed by atoms with Crippen LogP contribution in [0.1, 0.15) is 12.8 Å². The molecule has 0 unspecified atom stereocenters. The Morgan fingerprint density at radius 1 is 1.16 bits per heavy atom. The van der Waals surface area contributed by atoms with Crippen LogP contribution in [0.5, 0.6) is 0 Å². The molecule has 1 aromatic heterocycles. The summed E-state index contributed by atoms with van der Waals surface area (Å²) in [6.45, 7) is 2.25. The average molecular weight is 332 g/mol. The third-order valence-electron chi connectivity index (χ3n) is 2.85. The molecule has 19 heavy (non-hydrogen) atoms. The molecular weight excluding hydrogens is 311 g/mol. The highest BCUT2D eigenvalue weighted by atomic mass is 35.5. The summed E-state index contributed by atoms with van der Waals surface area (Å²) in [5, 5.41) is 3.38. The minimum Gasteiger partial charge on any atom is -0.366 e. The van der Waals surface area contributed by atoms with Crippen molar-refractivity contribution in [3.05, 3.63) is 12.4 Å². The number of hydrogen-bond acceptors (Lipinski definition) is 6. The second kappa shape index (κ2) is 10.3. The van der Waals surface area contributed by atoms with E-state index < -0.39 is 0 Å². The van der Waals surface area contributed by atoms with Gasteiger partial charge in [-0.05, 0) is 33.0 Å². The molecule has 0 amide bonds. The fourth-order valence-electron chi connectivity index (χ4n) is 1.87. The number of hydrazine groups is 1. The summed E-state index contributed by atoms with van der Waals surface area (Å²) in [7, 11) is 2.15. The summed E-state index contributed by atoms with van der Waals surface area (Å²) < 4.78 is 0. The largest absolute Gasteiger partial charge is 0.366 e. The maximum absolute atomic E-state index is 5.28. The lowest BCUT2D eigenvalue weighted by Gasteiger charge is -2.29. The number of nitrogens with zero attached hydrogens (tertiary/aromatic N) is 3. The predicted octanol–water partition coefficient (Wildman–Crippen LogP) is 1.53. The van der Waals surface area contributed by atoms with Gasteiger partial charge in [-0.25, -0.2) is 10.8 Å². The van der Waals surface area contributed by atoms with Crippen LogP contribution in [-0.4, -0.2) is 41.0 Å². The molecule has 1 aliphatic heterocycles. The van der Waals surface area contributed by atoms with Crippen LogP contribution in [0.25, 0.3) is 0 Å². The third kappa shape index (κ3) is 6.44. The van der Waals surface area contributed by atoms with Gasteiger partial charge in [-0.1, -0.05) is 0 Å². The maximum Gasteiger partial charge on any atom is 0.160 e. The van der Waals surface area contributed by atoms with Gasteiger partial charge in [0.05, 0.1) is 12.4 Å². The first-order valence-electron chi connectivity index (χ1n) is 5.51.